The largest absolute Gasteiger partial charge is 0.393 e. The first kappa shape index (κ1) is 13.8. The topological polar surface area (TPSA) is 82.0 Å². The van der Waals surface area contributed by atoms with Crippen LogP contribution in [0.2, 0.25) is 0 Å². The van der Waals surface area contributed by atoms with E-state index < -0.39 is 4.92 Å². The van der Waals surface area contributed by atoms with Gasteiger partial charge in [-0.05, 0) is 33.6 Å². The van der Waals surface area contributed by atoms with Crippen LogP contribution in [0.5, 0.6) is 0 Å². The minimum atomic E-state index is -0.472. The molecule has 0 atom stereocenters. The van der Waals surface area contributed by atoms with Crippen LogP contribution < -0.4 is 5.73 Å². The Labute approximate surface area is 122 Å². The lowest BCUT2D eigenvalue weighted by molar-refractivity contribution is -0.383. The van der Waals surface area contributed by atoms with Crippen molar-refractivity contribution < 1.29 is 4.92 Å². The average molecular weight is 340 g/mol. The van der Waals surface area contributed by atoms with Crippen molar-refractivity contribution in [3.8, 4) is 0 Å². The Balaban J connectivity index is 2.19. The van der Waals surface area contributed by atoms with Crippen molar-refractivity contribution in [2.24, 2.45) is 0 Å². The molecule has 0 amide bonds. The van der Waals surface area contributed by atoms with Gasteiger partial charge < -0.3 is 5.73 Å². The zero-order chi connectivity index (χ0) is 13.8. The van der Waals surface area contributed by atoms with E-state index in [1.54, 1.807) is 18.3 Å². The van der Waals surface area contributed by atoms with Gasteiger partial charge in [-0.25, -0.2) is 4.98 Å². The van der Waals surface area contributed by atoms with Crippen molar-refractivity contribution in [2.75, 3.05) is 5.73 Å². The van der Waals surface area contributed by atoms with Crippen molar-refractivity contribution in [1.82, 2.24) is 4.98 Å². The van der Waals surface area contributed by atoms with Crippen LogP contribution in [0.1, 0.15) is 5.56 Å². The zero-order valence-electron chi connectivity index (χ0n) is 9.75. The lowest BCUT2D eigenvalue weighted by Crippen LogP contribution is -1.99. The molecule has 0 spiro atoms. The molecule has 2 rings (SSSR count). The summed E-state index contributed by atoms with van der Waals surface area (Å²) in [4.78, 5) is 14.6. The molecule has 0 aliphatic heterocycles. The molecule has 2 aromatic rings. The van der Waals surface area contributed by atoms with Gasteiger partial charge in [0.25, 0.3) is 5.69 Å². The molecule has 0 bridgehead atoms. The fourth-order valence-electron chi connectivity index (χ4n) is 1.51. The number of halogens is 1. The van der Waals surface area contributed by atoms with E-state index in [-0.39, 0.29) is 11.4 Å². The molecule has 0 radical (unpaired) electrons. The number of thioether (sulfide) groups is 1. The summed E-state index contributed by atoms with van der Waals surface area (Å²) in [5.74, 6) is 0.531. The number of nitro groups is 1. The summed E-state index contributed by atoms with van der Waals surface area (Å²) >= 11 is 4.88. The van der Waals surface area contributed by atoms with E-state index in [2.05, 4.69) is 20.9 Å². The van der Waals surface area contributed by atoms with Crippen molar-refractivity contribution in [3.05, 3.63) is 56.7 Å². The Morgan fingerprint density at radius 1 is 1.37 bits per heavy atom. The molecule has 0 saturated carbocycles. The average Bonchev–Trinajstić information content (AvgIpc) is 2.39. The Morgan fingerprint density at radius 3 is 2.84 bits per heavy atom. The van der Waals surface area contributed by atoms with Gasteiger partial charge in [-0.2, -0.15) is 0 Å². The summed E-state index contributed by atoms with van der Waals surface area (Å²) in [5.41, 5.74) is 6.69. The van der Waals surface area contributed by atoms with Crippen LogP contribution in [-0.4, -0.2) is 9.91 Å². The second-order valence-electron chi connectivity index (χ2n) is 3.69. The highest BCUT2D eigenvalue weighted by atomic mass is 79.9. The van der Waals surface area contributed by atoms with E-state index in [1.165, 1.54) is 17.8 Å². The first-order valence-electron chi connectivity index (χ1n) is 5.34. The smallest absolute Gasteiger partial charge is 0.292 e. The molecule has 19 heavy (non-hydrogen) atoms. The minimum Gasteiger partial charge on any atom is -0.393 e. The number of hydrogen-bond acceptors (Lipinski definition) is 5. The van der Waals surface area contributed by atoms with Crippen LogP contribution in [-0.2, 0) is 5.75 Å². The quantitative estimate of drug-likeness (QED) is 0.398. The molecule has 2 N–H and O–H groups in total. The third-order valence-electron chi connectivity index (χ3n) is 2.46. The van der Waals surface area contributed by atoms with E-state index in [4.69, 9.17) is 5.73 Å². The van der Waals surface area contributed by atoms with Crippen LogP contribution in [0.4, 0.5) is 11.4 Å². The molecule has 5 nitrogen and oxygen atoms in total. The van der Waals surface area contributed by atoms with Crippen LogP contribution in [0.15, 0.2) is 46.0 Å². The fourth-order valence-corrected chi connectivity index (χ4v) is 2.99. The molecule has 7 heteroatoms. The van der Waals surface area contributed by atoms with Crippen LogP contribution in [0.25, 0.3) is 0 Å². The van der Waals surface area contributed by atoms with E-state index in [9.17, 15) is 10.1 Å². The van der Waals surface area contributed by atoms with Crippen molar-refractivity contribution in [2.45, 2.75) is 10.8 Å². The number of nitro benzene ring substituents is 1. The number of nitrogens with two attached hydrogens (primary N) is 1. The van der Waals surface area contributed by atoms with Gasteiger partial charge in [0.1, 0.15) is 10.7 Å². The number of rotatable bonds is 4. The maximum Gasteiger partial charge on any atom is 0.292 e. The molecule has 0 aliphatic carbocycles. The second-order valence-corrected chi connectivity index (χ2v) is 5.50. The number of nitrogens with zero attached hydrogens (tertiary/aromatic N) is 2. The number of hydrogen-bond donors (Lipinski definition) is 1. The SMILES string of the molecule is Nc1c(CSc2ncccc2Br)cccc1[N+](=O)[O-]. The predicted octanol–water partition coefficient (Wildman–Crippen LogP) is 3.63. The van der Waals surface area contributed by atoms with E-state index in [1.807, 2.05) is 12.1 Å². The van der Waals surface area contributed by atoms with E-state index in [0.717, 1.165) is 15.1 Å². The Hall–Kier alpha value is -1.60. The molecule has 0 aliphatic rings. The summed E-state index contributed by atoms with van der Waals surface area (Å²) in [6.45, 7) is 0. The molecule has 1 aromatic carbocycles. The summed E-state index contributed by atoms with van der Waals surface area (Å²) < 4.78 is 0.893. The van der Waals surface area contributed by atoms with Crippen molar-refractivity contribution in [3.63, 3.8) is 0 Å². The Bertz CT molecular complexity index is 622. The highest BCUT2D eigenvalue weighted by molar-refractivity contribution is 9.10. The first-order chi connectivity index (χ1) is 9.09. The fraction of sp³-hybridized carbons (Fsp3) is 0.0833. The standard InChI is InChI=1S/C12H10BrN3O2S/c13-9-4-2-6-15-12(9)19-7-8-3-1-5-10(11(8)14)16(17)18/h1-6H,7,14H2. The van der Waals surface area contributed by atoms with Gasteiger partial charge in [0.05, 0.1) is 4.92 Å². The van der Waals surface area contributed by atoms with Gasteiger partial charge in [-0.1, -0.05) is 12.1 Å². The van der Waals surface area contributed by atoms with Crippen molar-refractivity contribution in [1.29, 1.82) is 0 Å². The maximum atomic E-state index is 10.8. The van der Waals surface area contributed by atoms with Crippen LogP contribution in [0.3, 0.4) is 0 Å². The molecule has 1 heterocycles. The van der Waals surface area contributed by atoms with E-state index >= 15 is 0 Å². The second kappa shape index (κ2) is 6.03. The van der Waals surface area contributed by atoms with Crippen LogP contribution in [0, 0.1) is 10.1 Å². The number of anilines is 1. The lowest BCUT2D eigenvalue weighted by Gasteiger charge is -2.06. The van der Waals surface area contributed by atoms with Crippen molar-refractivity contribution >= 4 is 39.1 Å². The molecule has 0 unspecified atom stereocenters. The van der Waals surface area contributed by atoms with Gasteiger partial charge in [0, 0.05) is 22.5 Å². The van der Waals surface area contributed by atoms with Gasteiger partial charge >= 0.3 is 0 Å². The molecule has 1 aromatic heterocycles. The van der Waals surface area contributed by atoms with E-state index in [0.29, 0.717) is 5.75 Å². The number of nitrogen functional groups attached to an aromatic ring is 1. The first-order valence-corrected chi connectivity index (χ1v) is 7.12. The summed E-state index contributed by atoms with van der Waals surface area (Å²) in [5, 5.41) is 11.6. The summed E-state index contributed by atoms with van der Waals surface area (Å²) in [6.07, 6.45) is 1.70. The minimum absolute atomic E-state index is 0.0572. The van der Waals surface area contributed by atoms with Gasteiger partial charge in [-0.3, -0.25) is 10.1 Å². The number of benzene rings is 1. The van der Waals surface area contributed by atoms with Gasteiger partial charge in [0.2, 0.25) is 0 Å². The molecular weight excluding hydrogens is 330 g/mol. The highest BCUT2D eigenvalue weighted by Crippen LogP contribution is 2.32. The molecule has 0 fully saturated rings. The molecule has 0 saturated heterocycles. The third kappa shape index (κ3) is 3.24. The lowest BCUT2D eigenvalue weighted by atomic mass is 10.2. The monoisotopic (exact) mass is 339 g/mol. The molecular formula is C12H10BrN3O2S. The predicted molar refractivity (Wildman–Crippen MR) is 79.0 cm³/mol. The number of aromatic nitrogens is 1. The Kier molecular flexibility index (Phi) is 4.39. The highest BCUT2D eigenvalue weighted by Gasteiger charge is 2.14. The maximum absolute atomic E-state index is 10.8. The van der Waals surface area contributed by atoms with Gasteiger partial charge in [0.15, 0.2) is 0 Å². The normalized spacial score (nSPS) is 10.4. The Morgan fingerprint density at radius 2 is 2.16 bits per heavy atom. The number of pyridine rings is 1. The van der Waals surface area contributed by atoms with Gasteiger partial charge in [-0.15, -0.1) is 11.8 Å². The zero-order valence-corrected chi connectivity index (χ0v) is 12.1. The molecule has 98 valence electrons. The summed E-state index contributed by atoms with van der Waals surface area (Å²) in [6, 6.07) is 8.55. The third-order valence-corrected chi connectivity index (χ3v) is 4.42. The summed E-state index contributed by atoms with van der Waals surface area (Å²) in [7, 11) is 0. The van der Waals surface area contributed by atoms with Crippen LogP contribution >= 0.6 is 27.7 Å². The number of para-hydroxylation sites is 1.